The van der Waals surface area contributed by atoms with E-state index in [1.54, 1.807) is 51.1 Å². The minimum atomic E-state index is -3.55. The Balaban J connectivity index is 1.83. The number of amides is 1. The Kier molecular flexibility index (Phi) is 5.86. The van der Waals surface area contributed by atoms with Crippen LogP contribution in [0.4, 0.5) is 5.69 Å². The summed E-state index contributed by atoms with van der Waals surface area (Å²) in [6, 6.07) is 12.4. The molecule has 1 aromatic heterocycles. The highest BCUT2D eigenvalue weighted by molar-refractivity contribution is 7.89. The summed E-state index contributed by atoms with van der Waals surface area (Å²) in [6.45, 7) is 6.14. The number of pyridine rings is 1. The Morgan fingerprint density at radius 2 is 1.69 bits per heavy atom. The van der Waals surface area contributed by atoms with Crippen molar-refractivity contribution in [1.82, 2.24) is 9.29 Å². The predicted octanol–water partition coefficient (Wildman–Crippen LogP) is 3.12. The Morgan fingerprint density at radius 3 is 2.31 bits per heavy atom. The number of nitrogens with zero attached hydrogens (tertiary/aromatic N) is 1. The lowest BCUT2D eigenvalue weighted by atomic mass is 10.1. The minimum absolute atomic E-state index is 0.156. The average Bonchev–Trinajstić information content (AvgIpc) is 2.68. The summed E-state index contributed by atoms with van der Waals surface area (Å²) in [4.78, 5) is 28.0. The number of hydrogen-bond donors (Lipinski definition) is 2. The van der Waals surface area contributed by atoms with Gasteiger partial charge in [0.25, 0.3) is 5.91 Å². The number of aromatic amines is 1. The number of carbonyl (C=O) groups excluding carboxylic acids is 1. The molecule has 0 saturated carbocycles. The third kappa shape index (κ3) is 4.23. The highest BCUT2D eigenvalue weighted by Gasteiger charge is 2.21. The largest absolute Gasteiger partial charge is 0.358 e. The first kappa shape index (κ1) is 20.8. The van der Waals surface area contributed by atoms with Crippen LogP contribution in [0.25, 0.3) is 10.9 Å². The number of hydrogen-bond acceptors (Lipinski definition) is 4. The normalized spacial score (nSPS) is 11.7. The molecule has 0 bridgehead atoms. The monoisotopic (exact) mass is 413 g/mol. The molecular weight excluding hydrogens is 390 g/mol. The van der Waals surface area contributed by atoms with Crippen molar-refractivity contribution >= 4 is 32.5 Å². The van der Waals surface area contributed by atoms with Gasteiger partial charge in [0, 0.05) is 47.0 Å². The molecule has 0 spiro atoms. The molecule has 29 heavy (non-hydrogen) atoms. The van der Waals surface area contributed by atoms with E-state index in [0.29, 0.717) is 35.2 Å². The van der Waals surface area contributed by atoms with E-state index >= 15 is 0 Å². The van der Waals surface area contributed by atoms with E-state index in [4.69, 9.17) is 0 Å². The van der Waals surface area contributed by atoms with E-state index in [2.05, 4.69) is 10.3 Å². The number of nitrogens with one attached hydrogen (secondary N) is 2. The molecule has 0 fully saturated rings. The van der Waals surface area contributed by atoms with E-state index in [1.165, 1.54) is 22.5 Å². The minimum Gasteiger partial charge on any atom is -0.358 e. The van der Waals surface area contributed by atoms with Crippen molar-refractivity contribution in [2.45, 2.75) is 25.7 Å². The van der Waals surface area contributed by atoms with Gasteiger partial charge >= 0.3 is 0 Å². The summed E-state index contributed by atoms with van der Waals surface area (Å²) in [6.07, 6.45) is 0. The van der Waals surface area contributed by atoms with E-state index in [1.807, 2.05) is 0 Å². The van der Waals surface area contributed by atoms with Gasteiger partial charge in [-0.25, -0.2) is 8.42 Å². The SMILES string of the molecule is CCN(CC)S(=O)(=O)c1ccc(NC(=O)c2ccc3[nH]c(C)cc(=O)c3c2)cc1. The molecule has 8 heteroatoms. The van der Waals surface area contributed by atoms with E-state index < -0.39 is 10.0 Å². The van der Waals surface area contributed by atoms with Gasteiger partial charge in [0.1, 0.15) is 0 Å². The number of H-pyrrole nitrogens is 1. The maximum atomic E-state index is 12.6. The highest BCUT2D eigenvalue weighted by Crippen LogP contribution is 2.19. The molecule has 0 aliphatic heterocycles. The van der Waals surface area contributed by atoms with Crippen LogP contribution >= 0.6 is 0 Å². The predicted molar refractivity (Wildman–Crippen MR) is 114 cm³/mol. The first-order chi connectivity index (χ1) is 13.8. The molecule has 0 unspecified atom stereocenters. The zero-order valence-electron chi connectivity index (χ0n) is 16.5. The molecule has 1 heterocycles. The molecule has 0 aliphatic rings. The van der Waals surface area contributed by atoms with E-state index in [0.717, 1.165) is 5.69 Å². The van der Waals surface area contributed by atoms with Crippen LogP contribution in [0, 0.1) is 6.92 Å². The molecule has 0 radical (unpaired) electrons. The number of aromatic nitrogens is 1. The fourth-order valence-corrected chi connectivity index (χ4v) is 4.61. The van der Waals surface area contributed by atoms with Gasteiger partial charge in [0.2, 0.25) is 10.0 Å². The molecule has 3 rings (SSSR count). The summed E-state index contributed by atoms with van der Waals surface area (Å²) in [7, 11) is -3.55. The van der Waals surface area contributed by atoms with Gasteiger partial charge in [-0.3, -0.25) is 9.59 Å². The van der Waals surface area contributed by atoms with Gasteiger partial charge in [0.05, 0.1) is 4.90 Å². The van der Waals surface area contributed by atoms with Crippen molar-refractivity contribution in [1.29, 1.82) is 0 Å². The van der Waals surface area contributed by atoms with Gasteiger partial charge in [0.15, 0.2) is 5.43 Å². The second kappa shape index (κ2) is 8.18. The van der Waals surface area contributed by atoms with Crippen LogP contribution in [0.1, 0.15) is 29.9 Å². The lowest BCUT2D eigenvalue weighted by molar-refractivity contribution is 0.102. The molecule has 2 aromatic carbocycles. The van der Waals surface area contributed by atoms with Crippen molar-refractivity contribution in [2.24, 2.45) is 0 Å². The fraction of sp³-hybridized carbons (Fsp3) is 0.238. The molecular formula is C21H23N3O4S. The molecule has 152 valence electrons. The first-order valence-corrected chi connectivity index (χ1v) is 10.8. The van der Waals surface area contributed by atoms with Crippen molar-refractivity contribution in [3.8, 4) is 0 Å². The van der Waals surface area contributed by atoms with Crippen LogP contribution in [-0.4, -0.2) is 36.7 Å². The number of rotatable bonds is 6. The lowest BCUT2D eigenvalue weighted by Crippen LogP contribution is -2.30. The maximum Gasteiger partial charge on any atom is 0.255 e. The summed E-state index contributed by atoms with van der Waals surface area (Å²) in [5, 5.41) is 3.16. The Labute approximate surface area is 169 Å². The molecule has 0 saturated heterocycles. The Bertz CT molecular complexity index is 1210. The van der Waals surface area contributed by atoms with Crippen molar-refractivity contribution in [2.75, 3.05) is 18.4 Å². The number of aryl methyl sites for hydroxylation is 1. The van der Waals surface area contributed by atoms with Gasteiger partial charge < -0.3 is 10.3 Å². The topological polar surface area (TPSA) is 99.3 Å². The van der Waals surface area contributed by atoms with Gasteiger partial charge in [-0.2, -0.15) is 4.31 Å². The van der Waals surface area contributed by atoms with Crippen LogP contribution in [0.5, 0.6) is 0 Å². The second-order valence-corrected chi connectivity index (χ2v) is 8.58. The fourth-order valence-electron chi connectivity index (χ4n) is 3.15. The number of fused-ring (bicyclic) bond motifs is 1. The summed E-state index contributed by atoms with van der Waals surface area (Å²) in [5.41, 5.74) is 2.06. The molecule has 7 nitrogen and oxygen atoms in total. The maximum absolute atomic E-state index is 12.6. The van der Waals surface area contributed by atoms with E-state index in [-0.39, 0.29) is 16.2 Å². The van der Waals surface area contributed by atoms with Crippen molar-refractivity contribution < 1.29 is 13.2 Å². The van der Waals surface area contributed by atoms with Gasteiger partial charge in [-0.05, 0) is 49.4 Å². The summed E-state index contributed by atoms with van der Waals surface area (Å²) in [5.74, 6) is -0.383. The quantitative estimate of drug-likeness (QED) is 0.648. The zero-order chi connectivity index (χ0) is 21.2. The molecule has 3 aromatic rings. The van der Waals surface area contributed by atoms with Crippen LogP contribution in [-0.2, 0) is 10.0 Å². The smallest absolute Gasteiger partial charge is 0.255 e. The van der Waals surface area contributed by atoms with Gasteiger partial charge in [-0.15, -0.1) is 0 Å². The van der Waals surface area contributed by atoms with Gasteiger partial charge in [-0.1, -0.05) is 13.8 Å². The standard InChI is InChI=1S/C21H23N3O4S/c1-4-24(5-2)29(27,28)17-9-7-16(8-10-17)23-21(26)15-6-11-19-18(13-15)20(25)12-14(3)22-19/h6-13H,4-5H2,1-3H3,(H,22,25)(H,23,26). The first-order valence-electron chi connectivity index (χ1n) is 9.31. The van der Waals surface area contributed by atoms with E-state index in [9.17, 15) is 18.0 Å². The van der Waals surface area contributed by atoms with Crippen LogP contribution < -0.4 is 10.7 Å². The molecule has 0 aliphatic carbocycles. The van der Waals surface area contributed by atoms with Crippen molar-refractivity contribution in [3.63, 3.8) is 0 Å². The number of sulfonamides is 1. The van der Waals surface area contributed by atoms with Crippen LogP contribution in [0.15, 0.2) is 58.2 Å². The summed E-state index contributed by atoms with van der Waals surface area (Å²) >= 11 is 0. The molecule has 0 atom stereocenters. The lowest BCUT2D eigenvalue weighted by Gasteiger charge is -2.18. The second-order valence-electron chi connectivity index (χ2n) is 6.64. The number of benzene rings is 2. The molecule has 1 amide bonds. The number of anilines is 1. The van der Waals surface area contributed by atoms with Crippen LogP contribution in [0.2, 0.25) is 0 Å². The third-order valence-electron chi connectivity index (χ3n) is 4.68. The Morgan fingerprint density at radius 1 is 1.03 bits per heavy atom. The zero-order valence-corrected chi connectivity index (χ0v) is 17.3. The third-order valence-corrected chi connectivity index (χ3v) is 6.75. The van der Waals surface area contributed by atoms with Crippen LogP contribution in [0.3, 0.4) is 0 Å². The average molecular weight is 413 g/mol. The highest BCUT2D eigenvalue weighted by atomic mass is 32.2. The number of carbonyl (C=O) groups is 1. The summed E-state index contributed by atoms with van der Waals surface area (Å²) < 4.78 is 26.4. The van der Waals surface area contributed by atoms with Crippen molar-refractivity contribution in [3.05, 3.63) is 70.0 Å². The Hall–Kier alpha value is -2.97. The molecule has 2 N–H and O–H groups in total.